The Morgan fingerprint density at radius 1 is 1.29 bits per heavy atom. The number of nitrogens with zero attached hydrogens (tertiary/aromatic N) is 1. The molecule has 2 rings (SSSR count). The number of amides is 1. The molecule has 0 spiro atoms. The fourth-order valence-electron chi connectivity index (χ4n) is 1.95. The van der Waals surface area contributed by atoms with Gasteiger partial charge in [0.25, 0.3) is 5.91 Å². The zero-order chi connectivity index (χ0) is 15.4. The SMILES string of the molecule is CN(Cc1cccc(C(N)=S)c1)C(=O)c1cccc(=O)[nH]1. The molecule has 0 unspecified atom stereocenters. The Labute approximate surface area is 127 Å². The molecule has 0 saturated heterocycles. The van der Waals surface area contributed by atoms with Crippen molar-refractivity contribution in [1.82, 2.24) is 9.88 Å². The van der Waals surface area contributed by atoms with Gasteiger partial charge in [0, 0.05) is 25.2 Å². The molecule has 0 saturated carbocycles. The van der Waals surface area contributed by atoms with Gasteiger partial charge in [-0.2, -0.15) is 0 Å². The molecule has 1 heterocycles. The second-order valence-corrected chi connectivity index (χ2v) is 5.09. The maximum Gasteiger partial charge on any atom is 0.270 e. The number of aromatic nitrogens is 1. The molecule has 1 aromatic carbocycles. The second-order valence-electron chi connectivity index (χ2n) is 4.65. The zero-order valence-electron chi connectivity index (χ0n) is 11.5. The lowest BCUT2D eigenvalue weighted by Crippen LogP contribution is -2.28. The first kappa shape index (κ1) is 14.9. The van der Waals surface area contributed by atoms with Crippen LogP contribution >= 0.6 is 12.2 Å². The van der Waals surface area contributed by atoms with E-state index in [9.17, 15) is 9.59 Å². The predicted molar refractivity (Wildman–Crippen MR) is 85.2 cm³/mol. The highest BCUT2D eigenvalue weighted by molar-refractivity contribution is 7.80. The summed E-state index contributed by atoms with van der Waals surface area (Å²) in [5.41, 5.74) is 7.22. The van der Waals surface area contributed by atoms with Gasteiger partial charge in [0.2, 0.25) is 5.56 Å². The van der Waals surface area contributed by atoms with Crippen LogP contribution in [0.5, 0.6) is 0 Å². The highest BCUT2D eigenvalue weighted by Crippen LogP contribution is 2.09. The fraction of sp³-hybridized carbons (Fsp3) is 0.133. The molecule has 1 aromatic heterocycles. The first-order chi connectivity index (χ1) is 9.97. The van der Waals surface area contributed by atoms with Crippen LogP contribution in [0.3, 0.4) is 0 Å². The van der Waals surface area contributed by atoms with E-state index < -0.39 is 0 Å². The van der Waals surface area contributed by atoms with Gasteiger partial charge in [-0.15, -0.1) is 0 Å². The van der Waals surface area contributed by atoms with Crippen molar-refractivity contribution in [2.45, 2.75) is 6.54 Å². The van der Waals surface area contributed by atoms with Crippen molar-refractivity contribution in [3.05, 3.63) is 69.6 Å². The number of hydrogen-bond acceptors (Lipinski definition) is 3. The highest BCUT2D eigenvalue weighted by Gasteiger charge is 2.13. The number of nitrogens with one attached hydrogen (secondary N) is 1. The third-order valence-electron chi connectivity index (χ3n) is 2.98. The predicted octanol–water partition coefficient (Wildman–Crippen LogP) is 1.28. The Balaban J connectivity index is 2.16. The minimum absolute atomic E-state index is 0.256. The summed E-state index contributed by atoms with van der Waals surface area (Å²) in [7, 11) is 1.67. The van der Waals surface area contributed by atoms with Crippen LogP contribution in [-0.4, -0.2) is 27.8 Å². The Bertz CT molecular complexity index is 739. The third kappa shape index (κ3) is 3.76. The van der Waals surface area contributed by atoms with E-state index in [1.54, 1.807) is 19.2 Å². The van der Waals surface area contributed by atoms with Crippen LogP contribution in [0.15, 0.2) is 47.3 Å². The average molecular weight is 301 g/mol. The van der Waals surface area contributed by atoms with Crippen LogP contribution in [-0.2, 0) is 6.54 Å². The van der Waals surface area contributed by atoms with Gasteiger partial charge < -0.3 is 15.6 Å². The number of nitrogens with two attached hydrogens (primary N) is 1. The van der Waals surface area contributed by atoms with Crippen molar-refractivity contribution >= 4 is 23.1 Å². The van der Waals surface area contributed by atoms with Crippen LogP contribution in [0.4, 0.5) is 0 Å². The van der Waals surface area contributed by atoms with E-state index in [2.05, 4.69) is 4.98 Å². The minimum Gasteiger partial charge on any atom is -0.389 e. The first-order valence-corrected chi connectivity index (χ1v) is 6.72. The number of H-pyrrole nitrogens is 1. The van der Waals surface area contributed by atoms with E-state index >= 15 is 0 Å². The van der Waals surface area contributed by atoms with Crippen LogP contribution < -0.4 is 11.3 Å². The standard InChI is InChI=1S/C15H15N3O2S/c1-18(15(20)12-6-3-7-13(19)17-12)9-10-4-2-5-11(8-10)14(16)21/h2-8H,9H2,1H3,(H2,16,21)(H,17,19). The van der Waals surface area contributed by atoms with Crippen LogP contribution in [0.1, 0.15) is 21.6 Å². The minimum atomic E-state index is -0.301. The Morgan fingerprint density at radius 3 is 2.67 bits per heavy atom. The van der Waals surface area contributed by atoms with E-state index in [1.807, 2.05) is 24.3 Å². The summed E-state index contributed by atoms with van der Waals surface area (Å²) in [5.74, 6) is -0.256. The monoisotopic (exact) mass is 301 g/mol. The summed E-state index contributed by atoms with van der Waals surface area (Å²) in [6.45, 7) is 0.395. The van der Waals surface area contributed by atoms with Gasteiger partial charge in [0.1, 0.15) is 10.7 Å². The Kier molecular flexibility index (Phi) is 4.49. The quantitative estimate of drug-likeness (QED) is 0.834. The van der Waals surface area contributed by atoms with E-state index in [-0.39, 0.29) is 17.2 Å². The second kappa shape index (κ2) is 6.32. The molecule has 1 amide bonds. The summed E-state index contributed by atoms with van der Waals surface area (Å²) in [5, 5.41) is 0. The van der Waals surface area contributed by atoms with Crippen molar-refractivity contribution in [3.63, 3.8) is 0 Å². The number of carbonyl (C=O) groups is 1. The summed E-state index contributed by atoms with van der Waals surface area (Å²) in [6.07, 6.45) is 0. The number of thiocarbonyl (C=S) groups is 1. The zero-order valence-corrected chi connectivity index (χ0v) is 12.3. The normalized spacial score (nSPS) is 10.1. The molecule has 21 heavy (non-hydrogen) atoms. The summed E-state index contributed by atoms with van der Waals surface area (Å²) in [4.78, 5) is 27.8. The molecular weight excluding hydrogens is 286 g/mol. The largest absolute Gasteiger partial charge is 0.389 e. The van der Waals surface area contributed by atoms with Gasteiger partial charge in [0.05, 0.1) is 0 Å². The van der Waals surface area contributed by atoms with Gasteiger partial charge in [-0.3, -0.25) is 9.59 Å². The van der Waals surface area contributed by atoms with Crippen molar-refractivity contribution in [2.24, 2.45) is 5.73 Å². The lowest BCUT2D eigenvalue weighted by atomic mass is 10.1. The van der Waals surface area contributed by atoms with Gasteiger partial charge in [-0.25, -0.2) is 0 Å². The van der Waals surface area contributed by atoms with E-state index in [0.717, 1.165) is 11.1 Å². The number of benzene rings is 1. The average Bonchev–Trinajstić information content (AvgIpc) is 2.46. The van der Waals surface area contributed by atoms with Gasteiger partial charge in [0.15, 0.2) is 0 Å². The Hall–Kier alpha value is -2.47. The lowest BCUT2D eigenvalue weighted by Gasteiger charge is -2.17. The van der Waals surface area contributed by atoms with Crippen molar-refractivity contribution in [2.75, 3.05) is 7.05 Å². The van der Waals surface area contributed by atoms with E-state index in [0.29, 0.717) is 11.5 Å². The molecule has 108 valence electrons. The molecule has 0 atom stereocenters. The lowest BCUT2D eigenvalue weighted by molar-refractivity contribution is 0.0779. The Morgan fingerprint density at radius 2 is 2.00 bits per heavy atom. The maximum atomic E-state index is 12.2. The molecule has 5 nitrogen and oxygen atoms in total. The van der Waals surface area contributed by atoms with Gasteiger partial charge >= 0.3 is 0 Å². The molecule has 2 aromatic rings. The number of rotatable bonds is 4. The fourth-order valence-corrected chi connectivity index (χ4v) is 2.07. The van der Waals surface area contributed by atoms with Crippen LogP contribution in [0.2, 0.25) is 0 Å². The molecule has 6 heteroatoms. The molecule has 0 radical (unpaired) electrons. The molecular formula is C15H15N3O2S. The van der Waals surface area contributed by atoms with Crippen LogP contribution in [0, 0.1) is 0 Å². The molecule has 0 bridgehead atoms. The molecule has 3 N–H and O–H groups in total. The summed E-state index contributed by atoms with van der Waals surface area (Å²) < 4.78 is 0. The third-order valence-corrected chi connectivity index (χ3v) is 3.21. The summed E-state index contributed by atoms with van der Waals surface area (Å²) in [6, 6.07) is 11.9. The van der Waals surface area contributed by atoms with Crippen molar-refractivity contribution in [1.29, 1.82) is 0 Å². The van der Waals surface area contributed by atoms with E-state index in [4.69, 9.17) is 18.0 Å². The molecule has 0 fully saturated rings. The van der Waals surface area contributed by atoms with Crippen molar-refractivity contribution in [3.8, 4) is 0 Å². The number of aromatic amines is 1. The van der Waals surface area contributed by atoms with Crippen molar-refractivity contribution < 1.29 is 4.79 Å². The topological polar surface area (TPSA) is 79.2 Å². The number of pyridine rings is 1. The molecule has 0 aliphatic rings. The van der Waals surface area contributed by atoms with Gasteiger partial charge in [-0.05, 0) is 17.7 Å². The van der Waals surface area contributed by atoms with E-state index in [1.165, 1.54) is 11.0 Å². The summed E-state index contributed by atoms with van der Waals surface area (Å²) >= 11 is 4.94. The highest BCUT2D eigenvalue weighted by atomic mass is 32.1. The molecule has 0 aliphatic carbocycles. The number of carbonyl (C=O) groups excluding carboxylic acids is 1. The number of hydrogen-bond donors (Lipinski definition) is 2. The van der Waals surface area contributed by atoms with Crippen LogP contribution in [0.25, 0.3) is 0 Å². The molecule has 0 aliphatic heterocycles. The van der Waals surface area contributed by atoms with Gasteiger partial charge in [-0.1, -0.05) is 36.5 Å². The first-order valence-electron chi connectivity index (χ1n) is 6.31. The smallest absolute Gasteiger partial charge is 0.270 e. The maximum absolute atomic E-state index is 12.2.